The first-order valence-corrected chi connectivity index (χ1v) is 14.6. The van der Waals surface area contributed by atoms with Crippen molar-refractivity contribution in [2.24, 2.45) is 0 Å². The Morgan fingerprint density at radius 2 is 1.51 bits per heavy atom. The number of benzene rings is 4. The fourth-order valence-corrected chi connectivity index (χ4v) is 4.71. The average molecular weight is 602 g/mol. The van der Waals surface area contributed by atoms with Crippen molar-refractivity contribution in [3.63, 3.8) is 0 Å². The Labute approximate surface area is 262 Å². The van der Waals surface area contributed by atoms with Crippen LogP contribution in [0.3, 0.4) is 0 Å². The summed E-state index contributed by atoms with van der Waals surface area (Å²) in [5.74, 6) is 0.622. The number of anilines is 3. The van der Waals surface area contributed by atoms with Crippen LogP contribution < -0.4 is 25.4 Å². The van der Waals surface area contributed by atoms with Gasteiger partial charge in [0.05, 0.1) is 7.11 Å². The monoisotopic (exact) mass is 601 g/mol. The van der Waals surface area contributed by atoms with E-state index in [9.17, 15) is 9.59 Å². The summed E-state index contributed by atoms with van der Waals surface area (Å²) in [5, 5.41) is 9.10. The lowest BCUT2D eigenvalue weighted by atomic mass is 10.1. The van der Waals surface area contributed by atoms with Crippen LogP contribution in [-0.4, -0.2) is 28.9 Å². The van der Waals surface area contributed by atoms with E-state index in [0.717, 1.165) is 27.9 Å². The van der Waals surface area contributed by atoms with Crippen molar-refractivity contribution in [3.8, 4) is 17.4 Å². The molecule has 0 saturated heterocycles. The highest BCUT2D eigenvalue weighted by atomic mass is 16.5. The first-order valence-electron chi connectivity index (χ1n) is 14.6. The number of methoxy groups -OCH3 is 1. The summed E-state index contributed by atoms with van der Waals surface area (Å²) in [6, 6.07) is 30.5. The molecule has 4 aromatic carbocycles. The first kappa shape index (κ1) is 30.7. The van der Waals surface area contributed by atoms with Crippen LogP contribution in [0.4, 0.5) is 17.3 Å². The summed E-state index contributed by atoms with van der Waals surface area (Å²) in [4.78, 5) is 35.1. The molecule has 2 amide bonds. The third-order valence-corrected chi connectivity index (χ3v) is 7.16. The van der Waals surface area contributed by atoms with Crippen molar-refractivity contribution >= 4 is 29.1 Å². The van der Waals surface area contributed by atoms with Crippen LogP contribution in [0.2, 0.25) is 0 Å². The molecule has 0 radical (unpaired) electrons. The van der Waals surface area contributed by atoms with Gasteiger partial charge >= 0.3 is 0 Å². The van der Waals surface area contributed by atoms with Gasteiger partial charge in [0.15, 0.2) is 11.5 Å². The van der Waals surface area contributed by atoms with E-state index in [1.54, 1.807) is 12.1 Å². The Hall–Kier alpha value is -5.70. The van der Waals surface area contributed by atoms with Crippen molar-refractivity contribution < 1.29 is 19.1 Å². The van der Waals surface area contributed by atoms with E-state index in [1.807, 2.05) is 98.8 Å². The van der Waals surface area contributed by atoms with E-state index in [4.69, 9.17) is 9.47 Å². The van der Waals surface area contributed by atoms with Crippen molar-refractivity contribution in [1.82, 2.24) is 15.3 Å². The smallest absolute Gasteiger partial charge is 0.262 e. The van der Waals surface area contributed by atoms with Gasteiger partial charge < -0.3 is 25.4 Å². The standard InChI is InChI=1S/C36H35N5O4/c1-24-11-10-12-25(2)33(24)40-34(43)29-23-38-36(39-28-15-8-5-9-16-28)41-35(29)45-31-21-26(17-19-30(31)44-3)18-20-32(42)37-22-27-13-6-4-7-14-27/h4-17,19,21,23H,18,20,22H2,1-3H3,(H,37,42)(H,40,43)(H,38,39,41). The van der Waals surface area contributed by atoms with Crippen molar-refractivity contribution in [1.29, 1.82) is 0 Å². The number of rotatable bonds is 12. The molecule has 0 bridgehead atoms. The second-order valence-electron chi connectivity index (χ2n) is 10.5. The Bertz CT molecular complexity index is 1760. The predicted molar refractivity (Wildman–Crippen MR) is 175 cm³/mol. The summed E-state index contributed by atoms with van der Waals surface area (Å²) < 4.78 is 11.9. The molecule has 5 rings (SSSR count). The van der Waals surface area contributed by atoms with Gasteiger partial charge in [0.25, 0.3) is 5.91 Å². The molecule has 1 aromatic heterocycles. The van der Waals surface area contributed by atoms with Gasteiger partial charge in [0.1, 0.15) is 5.56 Å². The second-order valence-corrected chi connectivity index (χ2v) is 10.5. The minimum atomic E-state index is -0.418. The number of aryl methyl sites for hydroxylation is 3. The van der Waals surface area contributed by atoms with Gasteiger partial charge in [-0.3, -0.25) is 9.59 Å². The quantitative estimate of drug-likeness (QED) is 0.139. The van der Waals surface area contributed by atoms with Gasteiger partial charge in [-0.25, -0.2) is 4.98 Å². The van der Waals surface area contributed by atoms with E-state index in [2.05, 4.69) is 25.9 Å². The molecular weight excluding hydrogens is 566 g/mol. The average Bonchev–Trinajstić information content (AvgIpc) is 3.05. The second kappa shape index (κ2) is 14.7. The molecule has 0 unspecified atom stereocenters. The van der Waals surface area contributed by atoms with Gasteiger partial charge in [0, 0.05) is 30.5 Å². The molecule has 3 N–H and O–H groups in total. The number of carbonyl (C=O) groups excluding carboxylic acids is 2. The maximum Gasteiger partial charge on any atom is 0.262 e. The van der Waals surface area contributed by atoms with Gasteiger partial charge in [-0.2, -0.15) is 4.98 Å². The van der Waals surface area contributed by atoms with Crippen molar-refractivity contribution in [3.05, 3.63) is 131 Å². The number of hydrogen-bond donors (Lipinski definition) is 3. The van der Waals surface area contributed by atoms with Crippen LogP contribution in [0.25, 0.3) is 0 Å². The third kappa shape index (κ3) is 8.23. The number of nitrogens with zero attached hydrogens (tertiary/aromatic N) is 2. The highest BCUT2D eigenvalue weighted by Gasteiger charge is 2.20. The molecule has 9 nitrogen and oxygen atoms in total. The van der Waals surface area contributed by atoms with Crippen LogP contribution in [-0.2, 0) is 17.8 Å². The zero-order valence-corrected chi connectivity index (χ0v) is 25.5. The molecule has 0 aliphatic carbocycles. The summed E-state index contributed by atoms with van der Waals surface area (Å²) in [7, 11) is 1.54. The number of carbonyl (C=O) groups is 2. The fraction of sp³-hybridized carbons (Fsp3) is 0.167. The molecule has 0 fully saturated rings. The molecule has 0 saturated carbocycles. The van der Waals surface area contributed by atoms with Crippen LogP contribution in [0.5, 0.6) is 17.4 Å². The highest BCUT2D eigenvalue weighted by Crippen LogP contribution is 2.34. The Kier molecular flexibility index (Phi) is 10.0. The lowest BCUT2D eigenvalue weighted by molar-refractivity contribution is -0.121. The van der Waals surface area contributed by atoms with E-state index in [-0.39, 0.29) is 23.3 Å². The Balaban J connectivity index is 1.39. The van der Waals surface area contributed by atoms with Gasteiger partial charge in [-0.15, -0.1) is 0 Å². The molecule has 0 atom stereocenters. The summed E-state index contributed by atoms with van der Waals surface area (Å²) in [6.45, 7) is 4.33. The molecule has 0 aliphatic rings. The number of amides is 2. The third-order valence-electron chi connectivity index (χ3n) is 7.16. The number of para-hydroxylation sites is 2. The van der Waals surface area contributed by atoms with Crippen LogP contribution in [0, 0.1) is 13.8 Å². The topological polar surface area (TPSA) is 114 Å². The molecule has 0 aliphatic heterocycles. The van der Waals surface area contributed by atoms with Crippen molar-refractivity contribution in [2.75, 3.05) is 17.7 Å². The number of hydrogen-bond acceptors (Lipinski definition) is 7. The maximum atomic E-state index is 13.6. The van der Waals surface area contributed by atoms with Gasteiger partial charge in [0.2, 0.25) is 17.7 Å². The fourth-order valence-electron chi connectivity index (χ4n) is 4.71. The van der Waals surface area contributed by atoms with E-state index >= 15 is 0 Å². The predicted octanol–water partition coefficient (Wildman–Crippen LogP) is 7.14. The SMILES string of the molecule is COc1ccc(CCC(=O)NCc2ccccc2)cc1Oc1nc(Nc2ccccc2)ncc1C(=O)Nc1c(C)cccc1C. The molecular formula is C36H35N5O4. The molecule has 5 aromatic rings. The van der Waals surface area contributed by atoms with Gasteiger partial charge in [-0.05, 0) is 66.8 Å². The molecule has 45 heavy (non-hydrogen) atoms. The minimum absolute atomic E-state index is 0.0447. The number of aromatic nitrogens is 2. The van der Waals surface area contributed by atoms with Crippen LogP contribution >= 0.6 is 0 Å². The van der Waals surface area contributed by atoms with Crippen LogP contribution in [0.1, 0.15) is 39.0 Å². The lowest BCUT2D eigenvalue weighted by Crippen LogP contribution is -2.22. The number of nitrogens with one attached hydrogen (secondary N) is 3. The summed E-state index contributed by atoms with van der Waals surface area (Å²) in [6.07, 6.45) is 2.20. The lowest BCUT2D eigenvalue weighted by Gasteiger charge is -2.16. The van der Waals surface area contributed by atoms with Crippen molar-refractivity contribution in [2.45, 2.75) is 33.2 Å². The van der Waals surface area contributed by atoms with E-state index < -0.39 is 5.91 Å². The maximum absolute atomic E-state index is 13.6. The normalized spacial score (nSPS) is 10.6. The number of ether oxygens (including phenoxy) is 2. The molecule has 1 heterocycles. The zero-order chi connectivity index (χ0) is 31.6. The molecule has 0 spiro atoms. The summed E-state index contributed by atoms with van der Waals surface area (Å²) in [5.41, 5.74) is 5.39. The molecule has 9 heteroatoms. The van der Waals surface area contributed by atoms with Gasteiger partial charge in [-0.1, -0.05) is 72.8 Å². The van der Waals surface area contributed by atoms with E-state index in [1.165, 1.54) is 13.3 Å². The largest absolute Gasteiger partial charge is 0.493 e. The Morgan fingerprint density at radius 3 is 2.22 bits per heavy atom. The Morgan fingerprint density at radius 1 is 0.800 bits per heavy atom. The first-order chi connectivity index (χ1) is 21.9. The molecule has 228 valence electrons. The van der Waals surface area contributed by atoms with Crippen LogP contribution in [0.15, 0.2) is 103 Å². The minimum Gasteiger partial charge on any atom is -0.493 e. The highest BCUT2D eigenvalue weighted by molar-refractivity contribution is 6.06. The summed E-state index contributed by atoms with van der Waals surface area (Å²) >= 11 is 0. The zero-order valence-electron chi connectivity index (χ0n) is 25.5. The van der Waals surface area contributed by atoms with E-state index in [0.29, 0.717) is 36.6 Å².